The summed E-state index contributed by atoms with van der Waals surface area (Å²) in [7, 11) is 5.88. The molecule has 0 aromatic heterocycles. The van der Waals surface area contributed by atoms with Gasteiger partial charge in [-0.15, -0.1) is 0 Å². The number of esters is 1. The van der Waals surface area contributed by atoms with Gasteiger partial charge in [-0.05, 0) is 44.9 Å². The van der Waals surface area contributed by atoms with Gasteiger partial charge in [-0.3, -0.25) is 4.79 Å². The summed E-state index contributed by atoms with van der Waals surface area (Å²) in [6, 6.07) is 0. The van der Waals surface area contributed by atoms with Crippen molar-refractivity contribution < 1.29 is 38.5 Å². The highest BCUT2D eigenvalue weighted by atomic mass is 16.7. The molecule has 54 heavy (non-hydrogen) atoms. The Hall–Kier alpha value is -2.00. The second-order valence-corrected chi connectivity index (χ2v) is 16.2. The van der Waals surface area contributed by atoms with Crippen molar-refractivity contribution in [3.63, 3.8) is 0 Å². The zero-order chi connectivity index (χ0) is 39.8. The number of ether oxygens (including phenoxy) is 3. The topological polar surface area (TPSA) is 105 Å². The van der Waals surface area contributed by atoms with Gasteiger partial charge >= 0.3 is 5.97 Å². The molecule has 0 fully saturated rings. The zero-order valence-corrected chi connectivity index (χ0v) is 35.6. The second-order valence-electron chi connectivity index (χ2n) is 16.2. The van der Waals surface area contributed by atoms with Gasteiger partial charge in [0, 0.05) is 6.42 Å². The van der Waals surface area contributed by atoms with Crippen LogP contribution in [0.2, 0.25) is 0 Å². The third-order valence-corrected chi connectivity index (χ3v) is 9.62. The van der Waals surface area contributed by atoms with Crippen LogP contribution in [0.4, 0.5) is 0 Å². The van der Waals surface area contributed by atoms with Crippen molar-refractivity contribution in [2.24, 2.45) is 0 Å². The molecule has 0 saturated heterocycles. The van der Waals surface area contributed by atoms with E-state index in [0.29, 0.717) is 17.4 Å². The van der Waals surface area contributed by atoms with E-state index in [1.54, 1.807) is 0 Å². The summed E-state index contributed by atoms with van der Waals surface area (Å²) < 4.78 is 16.0. The summed E-state index contributed by atoms with van der Waals surface area (Å²) in [5.74, 6) is -1.87. The first-order valence-electron chi connectivity index (χ1n) is 22.2. The minimum absolute atomic E-state index is 0.171. The average molecular weight is 764 g/mol. The summed E-state index contributed by atoms with van der Waals surface area (Å²) in [4.78, 5) is 23.2. The van der Waals surface area contributed by atoms with Crippen LogP contribution < -0.4 is 5.11 Å². The fraction of sp³-hybridized carbons (Fsp3) is 0.826. The standard InChI is InChI=1S/C46H85NO7/c1-5-6-7-8-9-10-11-12-13-14-15-16-17-18-19-20-21-22-23-24-25-26-27-28-29-30-31-32-33-34-35-36-37-38-44(49)53-41-43(48)42-54-46(45(50)51)52-40-39-47(2,3)4/h11-12,14-15,17-18,43,46,48H,5-10,13,16,19-42H2,1-4H3/b12-11-,15-14-,18-17-. The molecule has 1 N–H and O–H groups in total. The lowest BCUT2D eigenvalue weighted by Crippen LogP contribution is -2.44. The number of carboxylic acid groups (broad SMARTS) is 1. The molecule has 0 rings (SSSR count). The SMILES string of the molecule is CCCCCCC/C=C\C/C=C\C/C=C\CCCCCCCCCCCCCCCCCCCCC(=O)OCC(O)COC(OCC[N+](C)(C)C)C(=O)[O-]. The number of nitrogens with zero attached hydrogens (tertiary/aromatic N) is 1. The molecule has 2 atom stereocenters. The van der Waals surface area contributed by atoms with Gasteiger partial charge in [0.25, 0.3) is 0 Å². The van der Waals surface area contributed by atoms with Crippen LogP contribution in [0.1, 0.15) is 187 Å². The van der Waals surface area contributed by atoms with Gasteiger partial charge in [-0.25, -0.2) is 0 Å². The van der Waals surface area contributed by atoms with E-state index in [2.05, 4.69) is 43.4 Å². The minimum Gasteiger partial charge on any atom is -0.545 e. The van der Waals surface area contributed by atoms with Crippen molar-refractivity contribution in [1.29, 1.82) is 0 Å². The predicted octanol–water partition coefficient (Wildman–Crippen LogP) is 10.3. The van der Waals surface area contributed by atoms with E-state index in [1.165, 1.54) is 141 Å². The van der Waals surface area contributed by atoms with Crippen LogP contribution in [0, 0.1) is 0 Å². The average Bonchev–Trinajstić information content (AvgIpc) is 3.13. The fourth-order valence-electron chi connectivity index (χ4n) is 6.13. The van der Waals surface area contributed by atoms with Gasteiger partial charge in [-0.2, -0.15) is 0 Å². The molecule has 316 valence electrons. The van der Waals surface area contributed by atoms with Crippen LogP contribution in [0.25, 0.3) is 0 Å². The van der Waals surface area contributed by atoms with Gasteiger partial charge in [-0.1, -0.05) is 172 Å². The molecule has 0 aromatic rings. The highest BCUT2D eigenvalue weighted by molar-refractivity contribution is 5.69. The number of carbonyl (C=O) groups is 2. The maximum atomic E-state index is 12.0. The number of aliphatic hydroxyl groups is 1. The highest BCUT2D eigenvalue weighted by Gasteiger charge is 2.17. The number of aliphatic hydroxyl groups excluding tert-OH is 1. The molecule has 0 aliphatic carbocycles. The fourth-order valence-corrected chi connectivity index (χ4v) is 6.13. The third-order valence-electron chi connectivity index (χ3n) is 9.62. The molecule has 0 aliphatic rings. The van der Waals surface area contributed by atoms with Gasteiger partial charge < -0.3 is 33.7 Å². The molecule has 0 aromatic carbocycles. The van der Waals surface area contributed by atoms with Crippen LogP contribution in [-0.2, 0) is 23.8 Å². The number of allylic oxidation sites excluding steroid dienone is 6. The predicted molar refractivity (Wildman–Crippen MR) is 223 cm³/mol. The maximum absolute atomic E-state index is 12.0. The van der Waals surface area contributed by atoms with Crippen LogP contribution in [-0.4, -0.2) is 81.4 Å². The number of hydrogen-bond acceptors (Lipinski definition) is 7. The number of quaternary nitrogens is 1. The minimum atomic E-state index is -1.57. The first-order chi connectivity index (χ1) is 26.2. The zero-order valence-electron chi connectivity index (χ0n) is 35.6. The smallest absolute Gasteiger partial charge is 0.305 e. The summed E-state index contributed by atoms with van der Waals surface area (Å²) in [5.41, 5.74) is 0. The number of unbranched alkanes of at least 4 members (excludes halogenated alkanes) is 23. The van der Waals surface area contributed by atoms with E-state index >= 15 is 0 Å². The molecule has 0 amide bonds. The number of carboxylic acids is 1. The van der Waals surface area contributed by atoms with Gasteiger partial charge in [0.1, 0.15) is 19.3 Å². The van der Waals surface area contributed by atoms with E-state index in [0.717, 1.165) is 32.1 Å². The molecule has 0 aliphatic heterocycles. The van der Waals surface area contributed by atoms with E-state index in [4.69, 9.17) is 14.2 Å². The van der Waals surface area contributed by atoms with Gasteiger partial charge in [0.2, 0.25) is 0 Å². The molecule has 2 unspecified atom stereocenters. The summed E-state index contributed by atoms with van der Waals surface area (Å²) >= 11 is 0. The molecule has 0 bridgehead atoms. The number of hydrogen-bond donors (Lipinski definition) is 1. The summed E-state index contributed by atoms with van der Waals surface area (Å²) in [6.07, 6.45) is 46.1. The normalized spacial score (nSPS) is 13.4. The second kappa shape index (κ2) is 39.2. The van der Waals surface area contributed by atoms with Gasteiger partial charge in [0.15, 0.2) is 6.29 Å². The molecular formula is C46H85NO7. The van der Waals surface area contributed by atoms with E-state index < -0.39 is 18.4 Å². The molecule has 8 heteroatoms. The van der Waals surface area contributed by atoms with Gasteiger partial charge in [0.05, 0.1) is 40.3 Å². The van der Waals surface area contributed by atoms with Crippen LogP contribution in [0.3, 0.4) is 0 Å². The van der Waals surface area contributed by atoms with Crippen LogP contribution in [0.15, 0.2) is 36.5 Å². The Bertz CT molecular complexity index is 927. The number of carbonyl (C=O) groups excluding carboxylic acids is 2. The Morgan fingerprint density at radius 1 is 0.574 bits per heavy atom. The van der Waals surface area contributed by atoms with Crippen molar-refractivity contribution in [2.75, 3.05) is 47.5 Å². The van der Waals surface area contributed by atoms with E-state index in [1.807, 2.05) is 21.1 Å². The van der Waals surface area contributed by atoms with Crippen molar-refractivity contribution in [1.82, 2.24) is 0 Å². The summed E-state index contributed by atoms with van der Waals surface area (Å²) in [6.45, 7) is 2.46. The van der Waals surface area contributed by atoms with E-state index in [9.17, 15) is 19.8 Å². The Morgan fingerprint density at radius 3 is 1.41 bits per heavy atom. The Kier molecular flexibility index (Phi) is 37.8. The third kappa shape index (κ3) is 41.2. The molecule has 8 nitrogen and oxygen atoms in total. The molecule has 0 radical (unpaired) electrons. The first kappa shape index (κ1) is 52.0. The monoisotopic (exact) mass is 764 g/mol. The molecular weight excluding hydrogens is 679 g/mol. The summed E-state index contributed by atoms with van der Waals surface area (Å²) in [5, 5.41) is 21.2. The van der Waals surface area contributed by atoms with Crippen LogP contribution in [0.5, 0.6) is 0 Å². The van der Waals surface area contributed by atoms with Crippen molar-refractivity contribution in [2.45, 2.75) is 199 Å². The lowest BCUT2D eigenvalue weighted by molar-refractivity contribution is -0.870. The van der Waals surface area contributed by atoms with Crippen LogP contribution >= 0.6 is 0 Å². The number of likely N-dealkylation sites (N-methyl/N-ethyl adjacent to an activating group) is 1. The lowest BCUT2D eigenvalue weighted by Gasteiger charge is -2.26. The lowest BCUT2D eigenvalue weighted by atomic mass is 10.0. The highest BCUT2D eigenvalue weighted by Crippen LogP contribution is 2.15. The Morgan fingerprint density at radius 2 is 0.981 bits per heavy atom. The number of aliphatic carboxylic acids is 1. The Labute approximate surface area is 332 Å². The van der Waals surface area contributed by atoms with Crippen molar-refractivity contribution in [3.05, 3.63) is 36.5 Å². The molecule has 0 heterocycles. The maximum Gasteiger partial charge on any atom is 0.305 e. The molecule has 0 saturated carbocycles. The first-order valence-corrected chi connectivity index (χ1v) is 22.2. The number of rotatable bonds is 41. The van der Waals surface area contributed by atoms with E-state index in [-0.39, 0.29) is 25.8 Å². The largest absolute Gasteiger partial charge is 0.545 e. The van der Waals surface area contributed by atoms with Crippen molar-refractivity contribution in [3.8, 4) is 0 Å². The quantitative estimate of drug-likeness (QED) is 0.0217. The Balaban J connectivity index is 3.42. The molecule has 0 spiro atoms. The van der Waals surface area contributed by atoms with Crippen molar-refractivity contribution >= 4 is 11.9 Å².